The van der Waals surface area contributed by atoms with Crippen LogP contribution < -0.4 is 11.5 Å². The largest absolute Gasteiger partial charge is 0.506 e. The molecule has 0 bridgehead atoms. The van der Waals surface area contributed by atoms with Crippen LogP contribution in [-0.4, -0.2) is 102 Å². The van der Waals surface area contributed by atoms with E-state index in [9.17, 15) is 4.79 Å². The zero-order chi connectivity index (χ0) is 19.4. The van der Waals surface area contributed by atoms with Gasteiger partial charge in [0, 0.05) is 0 Å². The molecule has 0 spiro atoms. The highest BCUT2D eigenvalue weighted by Crippen LogP contribution is 2.17. The molecule has 14 heteroatoms. The zero-order valence-electron chi connectivity index (χ0n) is 12.4. The molecule has 1 fully saturated rings. The molecule has 0 aromatic rings. The van der Waals surface area contributed by atoms with Gasteiger partial charge in [-0.3, -0.25) is 9.80 Å². The molecule has 0 saturated carbocycles. The van der Waals surface area contributed by atoms with Gasteiger partial charge in [0.2, 0.25) is 0 Å². The molecule has 0 aromatic carbocycles. The van der Waals surface area contributed by atoms with E-state index < -0.39 is 62.7 Å². The van der Waals surface area contributed by atoms with Gasteiger partial charge in [-0.05, 0) is 0 Å². The fourth-order valence-electron chi connectivity index (χ4n) is 1.18. The molecule has 0 aliphatic carbocycles. The second-order valence-electron chi connectivity index (χ2n) is 3.94. The number of hydrogen-bond acceptors (Lipinski definition) is 10. The van der Waals surface area contributed by atoms with E-state index in [1.165, 1.54) is 0 Å². The number of urea groups is 2. The second kappa shape index (κ2) is 12.1. The Morgan fingerprint density at radius 2 is 1.12 bits per heavy atom. The summed E-state index contributed by atoms with van der Waals surface area (Å²) in [5, 5.41) is 68.1. The summed E-state index contributed by atoms with van der Waals surface area (Å²) in [6.07, 6.45) is -2.98. The molecule has 4 amide bonds. The van der Waals surface area contributed by atoms with Crippen LogP contribution in [0.5, 0.6) is 0 Å². The number of primary amides is 2. The molecule has 12 N–H and O–H groups in total. The summed E-state index contributed by atoms with van der Waals surface area (Å²) in [4.78, 5) is 21.3. The maximum atomic E-state index is 11.0. The van der Waals surface area contributed by atoms with Gasteiger partial charge in [-0.25, -0.2) is 9.59 Å². The van der Waals surface area contributed by atoms with Gasteiger partial charge in [-0.15, -0.1) is 0 Å². The van der Waals surface area contributed by atoms with Crippen LogP contribution in [-0.2, 0) is 0 Å². The second-order valence-corrected chi connectivity index (χ2v) is 3.94. The molecule has 24 heavy (non-hydrogen) atoms. The lowest BCUT2D eigenvalue weighted by atomic mass is 10.4. The SMILES string of the molecule is NC(N)=O.O=C1N(CO)C(O)C(O)N1CO.OCC(O)=C(O)CO. The van der Waals surface area contributed by atoms with E-state index in [2.05, 4.69) is 11.5 Å². The number of hydrogen-bond donors (Lipinski definition) is 10. The predicted octanol–water partition coefficient (Wildman–Crippen LogP) is -4.42. The fourth-order valence-corrected chi connectivity index (χ4v) is 1.18. The Kier molecular flexibility index (Phi) is 12.1. The third-order valence-electron chi connectivity index (χ3n) is 2.33. The van der Waals surface area contributed by atoms with Crippen molar-refractivity contribution < 1.29 is 50.4 Å². The van der Waals surface area contributed by atoms with E-state index >= 15 is 0 Å². The van der Waals surface area contributed by atoms with Gasteiger partial charge in [0.25, 0.3) is 0 Å². The summed E-state index contributed by atoms with van der Waals surface area (Å²) in [5.74, 6) is -1.18. The molecule has 1 saturated heterocycles. The number of nitrogens with zero attached hydrogens (tertiary/aromatic N) is 2. The predicted molar refractivity (Wildman–Crippen MR) is 75.5 cm³/mol. The lowest BCUT2D eigenvalue weighted by molar-refractivity contribution is -0.0924. The molecular weight excluding hydrogens is 336 g/mol. The number of carbonyl (C=O) groups excluding carboxylic acids is 2. The standard InChI is InChI=1S/C5H10N2O5.C4H8O4.CH4N2O/c8-1-6-3(10)4(11)7(2-9)5(6)12;5-1-3(7)4(8)2-6;2-1(3)4/h3-4,8-11H,1-2H2;5-8H,1-2H2;(H4,2,3,4). The Bertz CT molecular complexity index is 398. The van der Waals surface area contributed by atoms with Crippen molar-refractivity contribution in [2.24, 2.45) is 11.5 Å². The molecule has 1 aliphatic rings. The highest BCUT2D eigenvalue weighted by atomic mass is 16.4. The summed E-state index contributed by atoms with van der Waals surface area (Å²) in [6, 6.07) is -1.64. The average Bonchev–Trinajstić information content (AvgIpc) is 2.74. The van der Waals surface area contributed by atoms with Gasteiger partial charge in [-0.1, -0.05) is 0 Å². The molecule has 2 atom stereocenters. The van der Waals surface area contributed by atoms with Gasteiger partial charge in [0.05, 0.1) is 0 Å². The minimum Gasteiger partial charge on any atom is -0.506 e. The third kappa shape index (κ3) is 7.77. The molecule has 14 nitrogen and oxygen atoms in total. The molecule has 1 rings (SSSR count). The number of aliphatic hydroxyl groups is 8. The Labute approximate surface area is 135 Å². The van der Waals surface area contributed by atoms with Crippen LogP contribution >= 0.6 is 0 Å². The van der Waals surface area contributed by atoms with E-state index in [1.54, 1.807) is 0 Å². The Balaban J connectivity index is 0. The quantitative estimate of drug-likeness (QED) is 0.216. The van der Waals surface area contributed by atoms with Crippen LogP contribution in [0.25, 0.3) is 0 Å². The van der Waals surface area contributed by atoms with E-state index in [0.717, 1.165) is 0 Å². The zero-order valence-corrected chi connectivity index (χ0v) is 12.4. The molecular formula is C10H22N4O10. The van der Waals surface area contributed by atoms with Crippen LogP contribution in [0.1, 0.15) is 0 Å². The Hall–Kier alpha value is -2.36. The van der Waals surface area contributed by atoms with Crippen molar-refractivity contribution in [1.29, 1.82) is 0 Å². The van der Waals surface area contributed by atoms with E-state index in [4.69, 9.17) is 45.6 Å². The maximum Gasteiger partial charge on any atom is 0.328 e. The first-order chi connectivity index (χ1) is 11.1. The lowest BCUT2D eigenvalue weighted by Crippen LogP contribution is -2.37. The van der Waals surface area contributed by atoms with Crippen LogP contribution in [0, 0.1) is 0 Å². The minimum atomic E-state index is -1.49. The topological polar surface area (TPSA) is 254 Å². The van der Waals surface area contributed by atoms with Crippen molar-refractivity contribution in [1.82, 2.24) is 9.80 Å². The number of nitrogens with two attached hydrogens (primary N) is 2. The molecule has 0 radical (unpaired) electrons. The number of carbonyl (C=O) groups is 2. The lowest BCUT2D eigenvalue weighted by Gasteiger charge is -2.15. The van der Waals surface area contributed by atoms with Crippen LogP contribution in [0.4, 0.5) is 9.59 Å². The van der Waals surface area contributed by atoms with Gasteiger partial charge < -0.3 is 52.3 Å². The fraction of sp³-hybridized carbons (Fsp3) is 0.600. The van der Waals surface area contributed by atoms with Gasteiger partial charge >= 0.3 is 12.1 Å². The first-order valence-electron chi connectivity index (χ1n) is 6.10. The van der Waals surface area contributed by atoms with Gasteiger partial charge in [-0.2, -0.15) is 0 Å². The maximum absolute atomic E-state index is 11.0. The average molecular weight is 358 g/mol. The smallest absolute Gasteiger partial charge is 0.328 e. The number of rotatable bonds is 4. The molecule has 142 valence electrons. The van der Waals surface area contributed by atoms with Crippen molar-refractivity contribution in [3.8, 4) is 0 Å². The summed E-state index contributed by atoms with van der Waals surface area (Å²) in [5.41, 5.74) is 8.50. The van der Waals surface area contributed by atoms with Crippen LogP contribution in [0.15, 0.2) is 11.5 Å². The molecule has 1 aliphatic heterocycles. The molecule has 1 heterocycles. The van der Waals surface area contributed by atoms with Crippen molar-refractivity contribution >= 4 is 12.1 Å². The van der Waals surface area contributed by atoms with Crippen molar-refractivity contribution in [3.63, 3.8) is 0 Å². The first-order valence-corrected chi connectivity index (χ1v) is 6.10. The summed E-state index contributed by atoms with van der Waals surface area (Å²) in [7, 11) is 0. The monoisotopic (exact) mass is 358 g/mol. The molecule has 2 unspecified atom stereocenters. The number of amides is 4. The Morgan fingerprint density at radius 3 is 1.25 bits per heavy atom. The van der Waals surface area contributed by atoms with Crippen LogP contribution in [0.2, 0.25) is 0 Å². The normalized spacial score (nSPS) is 20.5. The number of aliphatic hydroxyl groups excluding tert-OH is 8. The summed E-state index contributed by atoms with van der Waals surface area (Å²) in [6.45, 7) is -2.69. The Morgan fingerprint density at radius 1 is 0.875 bits per heavy atom. The van der Waals surface area contributed by atoms with Crippen molar-refractivity contribution in [3.05, 3.63) is 11.5 Å². The highest BCUT2D eigenvalue weighted by Gasteiger charge is 2.43. The highest BCUT2D eigenvalue weighted by molar-refractivity contribution is 5.76. The van der Waals surface area contributed by atoms with E-state index in [0.29, 0.717) is 9.80 Å². The first kappa shape index (κ1) is 23.9. The molecule has 0 aromatic heterocycles. The van der Waals surface area contributed by atoms with Crippen LogP contribution in [0.3, 0.4) is 0 Å². The summed E-state index contributed by atoms with van der Waals surface area (Å²) >= 11 is 0. The van der Waals surface area contributed by atoms with Crippen molar-refractivity contribution in [2.45, 2.75) is 12.5 Å². The van der Waals surface area contributed by atoms with Gasteiger partial charge in [0.15, 0.2) is 24.0 Å². The minimum absolute atomic E-state index is 0.590. The summed E-state index contributed by atoms with van der Waals surface area (Å²) < 4.78 is 0. The third-order valence-corrected chi connectivity index (χ3v) is 2.33. The van der Waals surface area contributed by atoms with Gasteiger partial charge in [0.1, 0.15) is 26.7 Å². The van der Waals surface area contributed by atoms with E-state index in [1.807, 2.05) is 0 Å². The van der Waals surface area contributed by atoms with E-state index in [-0.39, 0.29) is 0 Å². The van der Waals surface area contributed by atoms with Crippen molar-refractivity contribution in [2.75, 3.05) is 26.7 Å².